The number of likely N-dealkylation sites (N-methyl/N-ethyl adjacent to an activating group) is 1. The van der Waals surface area contributed by atoms with Gasteiger partial charge in [-0.2, -0.15) is 0 Å². The van der Waals surface area contributed by atoms with Crippen molar-refractivity contribution < 1.29 is 19.2 Å². The molecule has 0 aliphatic rings. The minimum Gasteiger partial charge on any atom is -0.493 e. The molecule has 24 heavy (non-hydrogen) atoms. The van der Waals surface area contributed by atoms with Gasteiger partial charge in [0.25, 0.3) is 11.6 Å². The van der Waals surface area contributed by atoms with Crippen molar-refractivity contribution in [2.24, 2.45) is 0 Å². The Kier molecular flexibility index (Phi) is 5.36. The molecule has 0 aromatic heterocycles. The van der Waals surface area contributed by atoms with E-state index >= 15 is 0 Å². The summed E-state index contributed by atoms with van der Waals surface area (Å²) in [5, 5.41) is 10.9. The molecule has 1 amide bonds. The van der Waals surface area contributed by atoms with Crippen molar-refractivity contribution in [3.63, 3.8) is 0 Å². The second-order valence-electron chi connectivity index (χ2n) is 5.09. The summed E-state index contributed by atoms with van der Waals surface area (Å²) in [5.74, 6) is 0.186. The first-order valence-electron chi connectivity index (χ1n) is 7.25. The smallest absolute Gasteiger partial charge is 0.273 e. The van der Waals surface area contributed by atoms with E-state index in [1.165, 1.54) is 30.2 Å². The highest BCUT2D eigenvalue weighted by molar-refractivity contribution is 5.96. The van der Waals surface area contributed by atoms with Crippen molar-refractivity contribution in [3.05, 3.63) is 58.6 Å². The number of ether oxygens (including phenoxy) is 2. The Bertz CT molecular complexity index is 733. The molecule has 7 nitrogen and oxygen atoms in total. The first kappa shape index (κ1) is 17.3. The third-order valence-electron chi connectivity index (χ3n) is 3.48. The Hall–Kier alpha value is -3.09. The molecule has 0 bridgehead atoms. The fourth-order valence-electron chi connectivity index (χ4n) is 2.16. The molecule has 0 saturated carbocycles. The Morgan fingerprint density at radius 1 is 1.17 bits per heavy atom. The van der Waals surface area contributed by atoms with E-state index in [0.717, 1.165) is 5.69 Å². The lowest BCUT2D eigenvalue weighted by molar-refractivity contribution is -0.385. The molecule has 0 unspecified atom stereocenters. The maximum absolute atomic E-state index is 12.5. The maximum Gasteiger partial charge on any atom is 0.273 e. The highest BCUT2D eigenvalue weighted by Gasteiger charge is 2.23. The van der Waals surface area contributed by atoms with Gasteiger partial charge >= 0.3 is 0 Å². The molecule has 0 saturated heterocycles. The van der Waals surface area contributed by atoms with Crippen LogP contribution in [0.4, 0.5) is 11.4 Å². The number of carbonyl (C=O) groups excluding carboxylic acids is 1. The van der Waals surface area contributed by atoms with Gasteiger partial charge in [0.1, 0.15) is 0 Å². The van der Waals surface area contributed by atoms with Gasteiger partial charge in [-0.1, -0.05) is 18.2 Å². The van der Waals surface area contributed by atoms with E-state index in [-0.39, 0.29) is 17.3 Å². The molecule has 0 aliphatic heterocycles. The summed E-state index contributed by atoms with van der Waals surface area (Å²) in [4.78, 5) is 24.3. The second kappa shape index (κ2) is 7.45. The predicted octanol–water partition coefficient (Wildman–Crippen LogP) is 3.03. The van der Waals surface area contributed by atoms with Crippen LogP contribution in [0.15, 0.2) is 48.5 Å². The van der Waals surface area contributed by atoms with Crippen LogP contribution in [0, 0.1) is 10.1 Å². The van der Waals surface area contributed by atoms with Crippen LogP contribution < -0.4 is 14.4 Å². The minimum atomic E-state index is -0.842. The molecule has 2 rings (SSSR count). The lowest BCUT2D eigenvalue weighted by Crippen LogP contribution is -2.38. The van der Waals surface area contributed by atoms with Gasteiger partial charge < -0.3 is 14.4 Å². The van der Waals surface area contributed by atoms with E-state index in [1.54, 1.807) is 26.1 Å². The molecule has 0 spiro atoms. The summed E-state index contributed by atoms with van der Waals surface area (Å²) in [6.45, 7) is 1.58. The molecular weight excluding hydrogens is 312 g/mol. The van der Waals surface area contributed by atoms with Crippen molar-refractivity contribution in [1.82, 2.24) is 0 Å². The number of nitro benzene ring substituents is 1. The monoisotopic (exact) mass is 330 g/mol. The minimum absolute atomic E-state index is 0.137. The van der Waals surface area contributed by atoms with E-state index < -0.39 is 11.0 Å². The molecule has 1 atom stereocenters. The second-order valence-corrected chi connectivity index (χ2v) is 5.09. The van der Waals surface area contributed by atoms with E-state index in [4.69, 9.17) is 9.47 Å². The number of hydrogen-bond donors (Lipinski definition) is 0. The number of nitrogens with zero attached hydrogens (tertiary/aromatic N) is 2. The molecule has 0 heterocycles. The Morgan fingerprint density at radius 3 is 2.42 bits per heavy atom. The van der Waals surface area contributed by atoms with Gasteiger partial charge in [-0.25, -0.2) is 0 Å². The van der Waals surface area contributed by atoms with Crippen molar-refractivity contribution >= 4 is 17.3 Å². The molecular formula is C17H18N2O5. The van der Waals surface area contributed by atoms with Crippen LogP contribution in [0.3, 0.4) is 0 Å². The quantitative estimate of drug-likeness (QED) is 0.600. The summed E-state index contributed by atoms with van der Waals surface area (Å²) < 4.78 is 10.7. The van der Waals surface area contributed by atoms with E-state index in [9.17, 15) is 14.9 Å². The fraction of sp³-hybridized carbons (Fsp3) is 0.235. The van der Waals surface area contributed by atoms with Crippen molar-refractivity contribution in [2.45, 2.75) is 13.0 Å². The average Bonchev–Trinajstić information content (AvgIpc) is 2.60. The van der Waals surface area contributed by atoms with Gasteiger partial charge in [-0.15, -0.1) is 0 Å². The molecule has 0 aliphatic carbocycles. The number of anilines is 1. The number of methoxy groups -OCH3 is 1. The first-order chi connectivity index (χ1) is 11.4. The lowest BCUT2D eigenvalue weighted by Gasteiger charge is -2.22. The summed E-state index contributed by atoms with van der Waals surface area (Å²) in [5.41, 5.74) is 0.589. The standard InChI is InChI=1S/C17H18N2O5/c1-12(17(20)18(2)13-7-5-4-6-8-13)24-16-11-14(19(21)22)9-10-15(16)23-3/h4-12H,1-3H3/t12-/m0/s1. The lowest BCUT2D eigenvalue weighted by atomic mass is 10.2. The molecule has 0 N–H and O–H groups in total. The SMILES string of the molecule is COc1ccc([N+](=O)[O-])cc1O[C@@H](C)C(=O)N(C)c1ccccc1. The van der Waals surface area contributed by atoms with Gasteiger partial charge in [0.15, 0.2) is 17.6 Å². The number of para-hydroxylation sites is 1. The molecule has 2 aromatic carbocycles. The molecule has 0 radical (unpaired) electrons. The fourth-order valence-corrected chi connectivity index (χ4v) is 2.16. The largest absolute Gasteiger partial charge is 0.493 e. The van der Waals surface area contributed by atoms with Crippen LogP contribution in [0.1, 0.15) is 6.92 Å². The highest BCUT2D eigenvalue weighted by atomic mass is 16.6. The van der Waals surface area contributed by atoms with Crippen LogP contribution >= 0.6 is 0 Å². The van der Waals surface area contributed by atoms with Crippen molar-refractivity contribution in [2.75, 3.05) is 19.1 Å². The summed E-state index contributed by atoms with van der Waals surface area (Å²) in [6.07, 6.45) is -0.842. The van der Waals surface area contributed by atoms with E-state index in [1.807, 2.05) is 18.2 Å². The van der Waals surface area contributed by atoms with Gasteiger partial charge in [0.05, 0.1) is 18.1 Å². The summed E-state index contributed by atoms with van der Waals surface area (Å²) in [6, 6.07) is 13.1. The van der Waals surface area contributed by atoms with Crippen LogP contribution in [-0.4, -0.2) is 31.1 Å². The van der Waals surface area contributed by atoms with Gasteiger partial charge in [-0.05, 0) is 25.1 Å². The van der Waals surface area contributed by atoms with Crippen LogP contribution in [-0.2, 0) is 4.79 Å². The molecule has 7 heteroatoms. The van der Waals surface area contributed by atoms with E-state index in [0.29, 0.717) is 5.75 Å². The van der Waals surface area contributed by atoms with Crippen molar-refractivity contribution in [3.8, 4) is 11.5 Å². The number of amides is 1. The molecule has 126 valence electrons. The van der Waals surface area contributed by atoms with E-state index in [2.05, 4.69) is 0 Å². The number of carbonyl (C=O) groups is 1. The number of benzene rings is 2. The third-order valence-corrected chi connectivity index (χ3v) is 3.48. The Balaban J connectivity index is 2.19. The Labute approximate surface area is 139 Å². The van der Waals surface area contributed by atoms with Crippen LogP contribution in [0.5, 0.6) is 11.5 Å². The number of rotatable bonds is 6. The number of nitro groups is 1. The number of non-ortho nitro benzene ring substituents is 1. The third kappa shape index (κ3) is 3.81. The predicted molar refractivity (Wildman–Crippen MR) is 89.6 cm³/mol. The topological polar surface area (TPSA) is 81.9 Å². The van der Waals surface area contributed by atoms with Crippen LogP contribution in [0.2, 0.25) is 0 Å². The summed E-state index contributed by atoms with van der Waals surface area (Å²) >= 11 is 0. The zero-order valence-corrected chi connectivity index (χ0v) is 13.6. The van der Waals surface area contributed by atoms with Crippen molar-refractivity contribution in [1.29, 1.82) is 0 Å². The maximum atomic E-state index is 12.5. The first-order valence-corrected chi connectivity index (χ1v) is 7.25. The van der Waals surface area contributed by atoms with Gasteiger partial charge in [-0.3, -0.25) is 14.9 Å². The zero-order valence-electron chi connectivity index (χ0n) is 13.6. The normalized spacial score (nSPS) is 11.5. The van der Waals surface area contributed by atoms with Crippen LogP contribution in [0.25, 0.3) is 0 Å². The summed E-state index contributed by atoms with van der Waals surface area (Å²) in [7, 11) is 3.07. The van der Waals surface area contributed by atoms with Gasteiger partial charge in [0.2, 0.25) is 0 Å². The van der Waals surface area contributed by atoms with Gasteiger partial charge in [0, 0.05) is 18.8 Å². The number of hydrogen-bond acceptors (Lipinski definition) is 5. The zero-order chi connectivity index (χ0) is 17.7. The Morgan fingerprint density at radius 2 is 1.83 bits per heavy atom. The molecule has 0 fully saturated rings. The molecule has 2 aromatic rings. The average molecular weight is 330 g/mol. The highest BCUT2D eigenvalue weighted by Crippen LogP contribution is 2.32.